The third-order valence-corrected chi connectivity index (χ3v) is 2.52. The molecule has 0 aliphatic heterocycles. The standard InChI is InChI=1S/C11H16N4O/c1-8-4-5-11(16-8)10(12-2)6-9-7-15(3)14-13-9/h4-5,7,10,12H,6H2,1-3H3. The maximum Gasteiger partial charge on any atom is 0.121 e. The molecule has 1 unspecified atom stereocenters. The normalized spacial score (nSPS) is 12.9. The van der Waals surface area contributed by atoms with Crippen LogP contribution in [0.5, 0.6) is 0 Å². The van der Waals surface area contributed by atoms with Crippen LogP contribution in [-0.4, -0.2) is 22.0 Å². The second kappa shape index (κ2) is 4.49. The molecule has 0 saturated heterocycles. The van der Waals surface area contributed by atoms with E-state index >= 15 is 0 Å². The van der Waals surface area contributed by atoms with Crippen LogP contribution in [0.1, 0.15) is 23.3 Å². The van der Waals surface area contributed by atoms with Gasteiger partial charge >= 0.3 is 0 Å². The maximum atomic E-state index is 5.60. The quantitative estimate of drug-likeness (QED) is 0.841. The van der Waals surface area contributed by atoms with Gasteiger partial charge in [-0.15, -0.1) is 5.10 Å². The van der Waals surface area contributed by atoms with Gasteiger partial charge in [0.2, 0.25) is 0 Å². The first-order valence-electron chi connectivity index (χ1n) is 5.28. The molecule has 1 atom stereocenters. The van der Waals surface area contributed by atoms with E-state index in [0.29, 0.717) is 0 Å². The van der Waals surface area contributed by atoms with Gasteiger partial charge in [-0.2, -0.15) is 0 Å². The molecular formula is C11H16N4O. The molecule has 5 heteroatoms. The lowest BCUT2D eigenvalue weighted by molar-refractivity contribution is 0.413. The Bertz CT molecular complexity index is 460. The number of aromatic nitrogens is 3. The largest absolute Gasteiger partial charge is 0.465 e. The monoisotopic (exact) mass is 220 g/mol. The molecule has 0 aliphatic carbocycles. The molecule has 1 N–H and O–H groups in total. The molecule has 0 aromatic carbocycles. The summed E-state index contributed by atoms with van der Waals surface area (Å²) in [5.41, 5.74) is 0.955. The van der Waals surface area contributed by atoms with Gasteiger partial charge in [-0.25, -0.2) is 0 Å². The van der Waals surface area contributed by atoms with Crippen molar-refractivity contribution in [3.63, 3.8) is 0 Å². The van der Waals surface area contributed by atoms with Crippen LogP contribution in [-0.2, 0) is 13.5 Å². The number of furan rings is 1. The Balaban J connectivity index is 2.12. The lowest BCUT2D eigenvalue weighted by Crippen LogP contribution is -2.18. The van der Waals surface area contributed by atoms with Crippen LogP contribution >= 0.6 is 0 Å². The minimum Gasteiger partial charge on any atom is -0.465 e. The van der Waals surface area contributed by atoms with E-state index in [4.69, 9.17) is 4.42 Å². The van der Waals surface area contributed by atoms with E-state index < -0.39 is 0 Å². The van der Waals surface area contributed by atoms with Crippen molar-refractivity contribution in [3.05, 3.63) is 35.5 Å². The van der Waals surface area contributed by atoms with Crippen molar-refractivity contribution in [2.24, 2.45) is 7.05 Å². The predicted octanol–water partition coefficient (Wildman–Crippen LogP) is 1.22. The highest BCUT2D eigenvalue weighted by molar-refractivity contribution is 5.12. The van der Waals surface area contributed by atoms with Crippen molar-refractivity contribution >= 4 is 0 Å². The first-order valence-corrected chi connectivity index (χ1v) is 5.28. The zero-order chi connectivity index (χ0) is 11.5. The Morgan fingerprint density at radius 3 is 2.81 bits per heavy atom. The van der Waals surface area contributed by atoms with E-state index in [9.17, 15) is 0 Å². The van der Waals surface area contributed by atoms with Crippen LogP contribution in [0, 0.1) is 6.92 Å². The second-order valence-corrected chi connectivity index (χ2v) is 3.88. The van der Waals surface area contributed by atoms with Gasteiger partial charge in [0, 0.05) is 19.7 Å². The van der Waals surface area contributed by atoms with E-state index in [-0.39, 0.29) is 6.04 Å². The molecule has 2 aromatic rings. The van der Waals surface area contributed by atoms with Crippen molar-refractivity contribution in [2.75, 3.05) is 7.05 Å². The molecule has 0 amide bonds. The highest BCUT2D eigenvalue weighted by Gasteiger charge is 2.15. The Morgan fingerprint density at radius 2 is 2.31 bits per heavy atom. The fourth-order valence-electron chi connectivity index (χ4n) is 1.68. The van der Waals surface area contributed by atoms with E-state index in [1.54, 1.807) is 4.68 Å². The van der Waals surface area contributed by atoms with Crippen molar-refractivity contribution in [2.45, 2.75) is 19.4 Å². The van der Waals surface area contributed by atoms with E-state index in [1.165, 1.54) is 0 Å². The molecule has 0 aliphatic rings. The summed E-state index contributed by atoms with van der Waals surface area (Å²) in [6, 6.07) is 4.11. The topological polar surface area (TPSA) is 55.9 Å². The lowest BCUT2D eigenvalue weighted by Gasteiger charge is -2.11. The van der Waals surface area contributed by atoms with E-state index in [1.807, 2.05) is 39.3 Å². The van der Waals surface area contributed by atoms with Crippen molar-refractivity contribution < 1.29 is 4.42 Å². The van der Waals surface area contributed by atoms with E-state index in [0.717, 1.165) is 23.6 Å². The summed E-state index contributed by atoms with van der Waals surface area (Å²) < 4.78 is 7.30. The number of nitrogens with one attached hydrogen (secondary N) is 1. The van der Waals surface area contributed by atoms with Gasteiger partial charge in [0.25, 0.3) is 0 Å². The van der Waals surface area contributed by atoms with Crippen molar-refractivity contribution in [3.8, 4) is 0 Å². The molecular weight excluding hydrogens is 204 g/mol. The van der Waals surface area contributed by atoms with Gasteiger partial charge in [0.15, 0.2) is 0 Å². The van der Waals surface area contributed by atoms with Gasteiger partial charge < -0.3 is 9.73 Å². The number of hydrogen-bond acceptors (Lipinski definition) is 4. The van der Waals surface area contributed by atoms with Crippen LogP contribution in [0.4, 0.5) is 0 Å². The highest BCUT2D eigenvalue weighted by Crippen LogP contribution is 2.19. The van der Waals surface area contributed by atoms with Crippen molar-refractivity contribution in [1.82, 2.24) is 20.3 Å². The summed E-state index contributed by atoms with van der Waals surface area (Å²) in [6.45, 7) is 1.94. The molecule has 2 heterocycles. The summed E-state index contributed by atoms with van der Waals surface area (Å²) in [5, 5.41) is 11.2. The van der Waals surface area contributed by atoms with Crippen LogP contribution in [0.15, 0.2) is 22.7 Å². The Morgan fingerprint density at radius 1 is 1.50 bits per heavy atom. The Kier molecular flexibility index (Phi) is 3.05. The molecule has 5 nitrogen and oxygen atoms in total. The number of nitrogens with zero attached hydrogens (tertiary/aromatic N) is 3. The fourth-order valence-corrected chi connectivity index (χ4v) is 1.68. The SMILES string of the molecule is CNC(Cc1cn(C)nn1)c1ccc(C)o1. The number of hydrogen-bond donors (Lipinski definition) is 1. The van der Waals surface area contributed by atoms with Gasteiger partial charge in [0.05, 0.1) is 11.7 Å². The molecule has 2 aromatic heterocycles. The first-order chi connectivity index (χ1) is 7.69. The van der Waals surface area contributed by atoms with E-state index in [2.05, 4.69) is 15.6 Å². The molecule has 0 spiro atoms. The molecule has 2 rings (SSSR count). The molecule has 86 valence electrons. The Labute approximate surface area is 94.5 Å². The minimum absolute atomic E-state index is 0.144. The lowest BCUT2D eigenvalue weighted by atomic mass is 10.1. The summed E-state index contributed by atoms with van der Waals surface area (Å²) in [6.07, 6.45) is 2.69. The Hall–Kier alpha value is -1.62. The van der Waals surface area contributed by atoms with Crippen LogP contribution < -0.4 is 5.32 Å². The minimum atomic E-state index is 0.144. The third-order valence-electron chi connectivity index (χ3n) is 2.52. The first kappa shape index (κ1) is 10.9. The fraction of sp³-hybridized carbons (Fsp3) is 0.455. The molecule has 0 fully saturated rings. The zero-order valence-electron chi connectivity index (χ0n) is 9.77. The predicted molar refractivity (Wildman–Crippen MR) is 60.0 cm³/mol. The van der Waals surface area contributed by atoms with Crippen molar-refractivity contribution in [1.29, 1.82) is 0 Å². The number of aryl methyl sites for hydroxylation is 2. The maximum absolute atomic E-state index is 5.60. The highest BCUT2D eigenvalue weighted by atomic mass is 16.3. The zero-order valence-corrected chi connectivity index (χ0v) is 9.77. The third kappa shape index (κ3) is 2.30. The average molecular weight is 220 g/mol. The molecule has 0 saturated carbocycles. The van der Waals surface area contributed by atoms with Gasteiger partial charge in [0.1, 0.15) is 11.5 Å². The molecule has 0 bridgehead atoms. The number of likely N-dealkylation sites (N-methyl/N-ethyl adjacent to an activating group) is 1. The average Bonchev–Trinajstić information content (AvgIpc) is 2.84. The molecule has 0 radical (unpaired) electrons. The van der Waals surface area contributed by atoms with Crippen LogP contribution in [0.3, 0.4) is 0 Å². The van der Waals surface area contributed by atoms with Gasteiger partial charge in [-0.05, 0) is 26.1 Å². The summed E-state index contributed by atoms with van der Waals surface area (Å²) in [5.74, 6) is 1.86. The van der Waals surface area contributed by atoms with Crippen LogP contribution in [0.2, 0.25) is 0 Å². The summed E-state index contributed by atoms with van der Waals surface area (Å²) >= 11 is 0. The van der Waals surface area contributed by atoms with Gasteiger partial charge in [-0.1, -0.05) is 5.21 Å². The van der Waals surface area contributed by atoms with Gasteiger partial charge in [-0.3, -0.25) is 4.68 Å². The summed E-state index contributed by atoms with van der Waals surface area (Å²) in [7, 11) is 3.78. The second-order valence-electron chi connectivity index (χ2n) is 3.88. The molecule has 16 heavy (non-hydrogen) atoms. The smallest absolute Gasteiger partial charge is 0.121 e. The number of rotatable bonds is 4. The summed E-state index contributed by atoms with van der Waals surface area (Å²) in [4.78, 5) is 0. The van der Waals surface area contributed by atoms with Crippen LogP contribution in [0.25, 0.3) is 0 Å².